The Labute approximate surface area is 99.2 Å². The first kappa shape index (κ1) is 12.8. The van der Waals surface area contributed by atoms with Crippen LogP contribution in [0.3, 0.4) is 0 Å². The second-order valence-electron chi connectivity index (χ2n) is 4.86. The topological polar surface area (TPSA) is 24.1 Å². The first-order chi connectivity index (χ1) is 7.13. The van der Waals surface area contributed by atoms with E-state index >= 15 is 0 Å². The Morgan fingerprint density at radius 2 is 2.00 bits per heavy atom. The number of hydrogen-bond donors (Lipinski definition) is 2. The minimum Gasteiger partial charge on any atom is -0.363 e. The van der Waals surface area contributed by atoms with Crippen molar-refractivity contribution in [3.63, 3.8) is 0 Å². The van der Waals surface area contributed by atoms with Crippen molar-refractivity contribution in [3.8, 4) is 0 Å². The molecule has 15 heavy (non-hydrogen) atoms. The molecule has 3 unspecified atom stereocenters. The molecule has 2 N–H and O–H groups in total. The van der Waals surface area contributed by atoms with E-state index in [1.54, 1.807) is 0 Å². The number of hydrogen-bond acceptors (Lipinski definition) is 1. The van der Waals surface area contributed by atoms with Gasteiger partial charge >= 0.3 is 0 Å². The first-order valence-corrected chi connectivity index (χ1v) is 6.58. The van der Waals surface area contributed by atoms with Crippen LogP contribution in [-0.2, 0) is 0 Å². The minimum atomic E-state index is 0.591. The molecule has 0 aromatic rings. The first-order valence-electron chi connectivity index (χ1n) is 6.17. The van der Waals surface area contributed by atoms with Crippen LogP contribution in [0.5, 0.6) is 0 Å². The summed E-state index contributed by atoms with van der Waals surface area (Å²) in [5.41, 5.74) is 0. The van der Waals surface area contributed by atoms with Gasteiger partial charge in [-0.3, -0.25) is 0 Å². The zero-order valence-corrected chi connectivity index (χ0v) is 11.0. The van der Waals surface area contributed by atoms with Gasteiger partial charge in [-0.1, -0.05) is 20.8 Å². The molecule has 0 bridgehead atoms. The molecule has 0 amide bonds. The van der Waals surface area contributed by atoms with E-state index in [0.29, 0.717) is 6.04 Å². The van der Waals surface area contributed by atoms with Gasteiger partial charge in [0.2, 0.25) is 0 Å². The number of rotatable bonds is 3. The summed E-state index contributed by atoms with van der Waals surface area (Å²) in [4.78, 5) is 0. The molecule has 0 spiro atoms. The maximum Gasteiger partial charge on any atom is 0.166 e. The molecule has 3 heteroatoms. The summed E-state index contributed by atoms with van der Waals surface area (Å²) in [7, 11) is 0. The fourth-order valence-corrected chi connectivity index (χ4v) is 2.42. The second-order valence-corrected chi connectivity index (χ2v) is 5.27. The summed E-state index contributed by atoms with van der Waals surface area (Å²) >= 11 is 5.25. The predicted octanol–water partition coefficient (Wildman–Crippen LogP) is 2.69. The van der Waals surface area contributed by atoms with E-state index in [-0.39, 0.29) is 0 Å². The molecule has 1 saturated carbocycles. The Morgan fingerprint density at radius 1 is 1.27 bits per heavy atom. The molecule has 0 radical (unpaired) electrons. The highest BCUT2D eigenvalue weighted by atomic mass is 32.1. The molecule has 0 aromatic heterocycles. The van der Waals surface area contributed by atoms with Gasteiger partial charge in [0.15, 0.2) is 5.11 Å². The zero-order valence-electron chi connectivity index (χ0n) is 10.2. The van der Waals surface area contributed by atoms with E-state index in [4.69, 9.17) is 12.2 Å². The van der Waals surface area contributed by atoms with Crippen LogP contribution in [0, 0.1) is 11.8 Å². The van der Waals surface area contributed by atoms with Gasteiger partial charge in [-0.25, -0.2) is 0 Å². The van der Waals surface area contributed by atoms with Crippen LogP contribution < -0.4 is 10.6 Å². The summed E-state index contributed by atoms with van der Waals surface area (Å²) < 4.78 is 0. The van der Waals surface area contributed by atoms with E-state index in [2.05, 4.69) is 31.4 Å². The predicted molar refractivity (Wildman–Crippen MR) is 70.0 cm³/mol. The van der Waals surface area contributed by atoms with E-state index < -0.39 is 0 Å². The molecule has 0 saturated heterocycles. The van der Waals surface area contributed by atoms with Crippen molar-refractivity contribution in [1.82, 2.24) is 10.6 Å². The Morgan fingerprint density at radius 3 is 2.60 bits per heavy atom. The lowest BCUT2D eigenvalue weighted by molar-refractivity contribution is 0.240. The fourth-order valence-electron chi connectivity index (χ4n) is 2.15. The molecule has 0 aliphatic heterocycles. The summed E-state index contributed by atoms with van der Waals surface area (Å²) in [5, 5.41) is 7.49. The van der Waals surface area contributed by atoms with Gasteiger partial charge < -0.3 is 10.6 Å². The summed E-state index contributed by atoms with van der Waals surface area (Å²) in [6, 6.07) is 0.591. The van der Waals surface area contributed by atoms with Gasteiger partial charge in [0, 0.05) is 12.6 Å². The molecule has 1 fully saturated rings. The Kier molecular flexibility index (Phi) is 5.37. The minimum absolute atomic E-state index is 0.591. The number of thiocarbonyl (C=S) groups is 1. The van der Waals surface area contributed by atoms with Crippen molar-refractivity contribution in [2.24, 2.45) is 11.8 Å². The molecule has 88 valence electrons. The van der Waals surface area contributed by atoms with Crippen LogP contribution in [0.1, 0.15) is 46.5 Å². The van der Waals surface area contributed by atoms with E-state index in [1.807, 2.05) is 0 Å². The fraction of sp³-hybridized carbons (Fsp3) is 0.917. The maximum absolute atomic E-state index is 5.25. The standard InChI is InChI=1S/C12H24N2S/c1-4-7-13-12(15)14-11-6-5-9(2)10(3)8-11/h9-11H,4-8H2,1-3H3,(H2,13,14,15). The molecule has 0 aromatic carbocycles. The van der Waals surface area contributed by atoms with Gasteiger partial charge in [-0.15, -0.1) is 0 Å². The highest BCUT2D eigenvalue weighted by Gasteiger charge is 2.24. The average molecular weight is 228 g/mol. The molecular formula is C12H24N2S. The highest BCUT2D eigenvalue weighted by Crippen LogP contribution is 2.29. The SMILES string of the molecule is CCCNC(=S)NC1CCC(C)C(C)C1. The lowest BCUT2D eigenvalue weighted by atomic mass is 9.79. The molecule has 1 aliphatic rings. The maximum atomic E-state index is 5.25. The third-order valence-corrected chi connectivity index (χ3v) is 3.73. The van der Waals surface area contributed by atoms with E-state index in [9.17, 15) is 0 Å². The van der Waals surface area contributed by atoms with Crippen molar-refractivity contribution < 1.29 is 0 Å². The zero-order chi connectivity index (χ0) is 11.3. The molecule has 0 heterocycles. The summed E-state index contributed by atoms with van der Waals surface area (Å²) in [6.45, 7) is 7.83. The molecule has 2 nitrogen and oxygen atoms in total. The van der Waals surface area contributed by atoms with Crippen LogP contribution in [0.2, 0.25) is 0 Å². The average Bonchev–Trinajstić information content (AvgIpc) is 2.20. The van der Waals surface area contributed by atoms with Crippen LogP contribution in [0.25, 0.3) is 0 Å². The van der Waals surface area contributed by atoms with E-state index in [0.717, 1.165) is 29.9 Å². The van der Waals surface area contributed by atoms with Crippen molar-refractivity contribution in [2.75, 3.05) is 6.54 Å². The Balaban J connectivity index is 2.24. The Bertz CT molecular complexity index is 206. The smallest absolute Gasteiger partial charge is 0.166 e. The van der Waals surface area contributed by atoms with Gasteiger partial charge in [0.05, 0.1) is 0 Å². The molecular weight excluding hydrogens is 204 g/mol. The quantitative estimate of drug-likeness (QED) is 0.726. The van der Waals surface area contributed by atoms with Crippen LogP contribution in [0.4, 0.5) is 0 Å². The molecule has 1 aliphatic carbocycles. The largest absolute Gasteiger partial charge is 0.363 e. The van der Waals surface area contributed by atoms with Crippen molar-refractivity contribution in [1.29, 1.82) is 0 Å². The van der Waals surface area contributed by atoms with Gasteiger partial charge in [0.25, 0.3) is 0 Å². The van der Waals surface area contributed by atoms with Crippen molar-refractivity contribution >= 4 is 17.3 Å². The molecule has 3 atom stereocenters. The normalized spacial score (nSPS) is 31.0. The third-order valence-electron chi connectivity index (χ3n) is 3.47. The van der Waals surface area contributed by atoms with Gasteiger partial charge in [-0.05, 0) is 49.7 Å². The van der Waals surface area contributed by atoms with Crippen LogP contribution in [0.15, 0.2) is 0 Å². The summed E-state index contributed by atoms with van der Waals surface area (Å²) in [5.74, 6) is 1.70. The second kappa shape index (κ2) is 6.31. The Hall–Kier alpha value is -0.310. The lowest BCUT2D eigenvalue weighted by Gasteiger charge is -2.33. The van der Waals surface area contributed by atoms with Crippen LogP contribution in [-0.4, -0.2) is 17.7 Å². The van der Waals surface area contributed by atoms with Crippen LogP contribution >= 0.6 is 12.2 Å². The lowest BCUT2D eigenvalue weighted by Crippen LogP contribution is -2.44. The highest BCUT2D eigenvalue weighted by molar-refractivity contribution is 7.80. The third kappa shape index (κ3) is 4.37. The van der Waals surface area contributed by atoms with Crippen molar-refractivity contribution in [2.45, 2.75) is 52.5 Å². The monoisotopic (exact) mass is 228 g/mol. The van der Waals surface area contributed by atoms with E-state index in [1.165, 1.54) is 19.3 Å². The summed E-state index contributed by atoms with van der Waals surface area (Å²) in [6.07, 6.45) is 4.98. The molecule has 1 rings (SSSR count). The van der Waals surface area contributed by atoms with Crippen molar-refractivity contribution in [3.05, 3.63) is 0 Å². The van der Waals surface area contributed by atoms with Gasteiger partial charge in [0.1, 0.15) is 0 Å². The number of nitrogens with one attached hydrogen (secondary N) is 2. The van der Waals surface area contributed by atoms with Gasteiger partial charge in [-0.2, -0.15) is 0 Å².